The Labute approximate surface area is 184 Å². The average molecular weight is 446 g/mol. The zero-order chi connectivity index (χ0) is 20.8. The number of thioether (sulfide) groups is 1. The fraction of sp³-hybridized carbons (Fsp3) is 0.182. The van der Waals surface area contributed by atoms with Crippen LogP contribution in [0, 0.1) is 13.8 Å². The molecular formula is C22H21Cl2N3OS. The Morgan fingerprint density at radius 1 is 1.10 bits per heavy atom. The largest absolute Gasteiger partial charge is 0.318 e. The molecule has 3 aromatic rings. The van der Waals surface area contributed by atoms with Crippen LogP contribution in [0.15, 0.2) is 59.7 Å². The number of carbonyl (C=O) groups excluding carboxylic acids is 1. The highest BCUT2D eigenvalue weighted by Crippen LogP contribution is 2.21. The zero-order valence-corrected chi connectivity index (χ0v) is 18.5. The van der Waals surface area contributed by atoms with Gasteiger partial charge >= 0.3 is 0 Å². The van der Waals surface area contributed by atoms with Crippen molar-refractivity contribution in [2.75, 3.05) is 5.75 Å². The highest BCUT2D eigenvalue weighted by Gasteiger charge is 2.09. The first-order valence-corrected chi connectivity index (χ1v) is 10.9. The van der Waals surface area contributed by atoms with Crippen molar-refractivity contribution in [3.05, 3.63) is 87.2 Å². The summed E-state index contributed by atoms with van der Waals surface area (Å²) in [5, 5.41) is 5.52. The van der Waals surface area contributed by atoms with Gasteiger partial charge in [-0.2, -0.15) is 5.10 Å². The average Bonchev–Trinajstić information content (AvgIpc) is 2.96. The lowest BCUT2D eigenvalue weighted by molar-refractivity contribution is -0.118. The summed E-state index contributed by atoms with van der Waals surface area (Å²) in [4.78, 5) is 12.0. The van der Waals surface area contributed by atoms with Crippen molar-refractivity contribution in [1.29, 1.82) is 0 Å². The number of aryl methyl sites for hydroxylation is 1. The number of benzene rings is 2. The fourth-order valence-electron chi connectivity index (χ4n) is 3.00. The number of hydrogen-bond donors (Lipinski definition) is 1. The Balaban J connectivity index is 1.55. The molecule has 7 heteroatoms. The summed E-state index contributed by atoms with van der Waals surface area (Å²) < 4.78 is 2.13. The molecular weight excluding hydrogens is 425 g/mol. The molecule has 1 aromatic heterocycles. The molecule has 3 rings (SSSR count). The highest BCUT2D eigenvalue weighted by atomic mass is 35.5. The van der Waals surface area contributed by atoms with Gasteiger partial charge in [-0.25, -0.2) is 5.43 Å². The van der Waals surface area contributed by atoms with Gasteiger partial charge in [0.25, 0.3) is 0 Å². The molecule has 0 radical (unpaired) electrons. The highest BCUT2D eigenvalue weighted by molar-refractivity contribution is 7.99. The molecule has 0 fully saturated rings. The van der Waals surface area contributed by atoms with E-state index >= 15 is 0 Å². The minimum Gasteiger partial charge on any atom is -0.318 e. The van der Waals surface area contributed by atoms with Gasteiger partial charge in [-0.3, -0.25) is 4.79 Å². The normalized spacial score (nSPS) is 11.2. The summed E-state index contributed by atoms with van der Waals surface area (Å²) in [5.74, 6) is 0.910. The number of hydrazone groups is 1. The first-order valence-electron chi connectivity index (χ1n) is 9.03. The van der Waals surface area contributed by atoms with E-state index in [1.807, 2.05) is 68.4 Å². The SMILES string of the molecule is Cc1cc(C=NNC(=O)CSCc2cccc(Cl)c2)c(C)n1-c1ccc(Cl)cc1. The van der Waals surface area contributed by atoms with Gasteiger partial charge in [0.15, 0.2) is 0 Å². The summed E-state index contributed by atoms with van der Waals surface area (Å²) in [6, 6.07) is 17.4. The minimum atomic E-state index is -0.139. The number of nitrogens with one attached hydrogen (secondary N) is 1. The fourth-order valence-corrected chi connectivity index (χ4v) is 4.11. The molecule has 150 valence electrons. The first kappa shape index (κ1) is 21.5. The molecule has 0 saturated carbocycles. The van der Waals surface area contributed by atoms with Crippen molar-refractivity contribution < 1.29 is 4.79 Å². The second-order valence-corrected chi connectivity index (χ2v) is 8.41. The Bertz CT molecular complexity index is 1030. The summed E-state index contributed by atoms with van der Waals surface area (Å²) in [6.45, 7) is 4.05. The second kappa shape index (κ2) is 10.0. The number of amides is 1. The molecule has 0 saturated heterocycles. The van der Waals surface area contributed by atoms with Crippen LogP contribution in [0.2, 0.25) is 10.0 Å². The predicted octanol–water partition coefficient (Wildman–Crippen LogP) is 5.78. The van der Waals surface area contributed by atoms with Crippen LogP contribution in [-0.4, -0.2) is 22.4 Å². The molecule has 0 aliphatic carbocycles. The Kier molecular flexibility index (Phi) is 7.42. The van der Waals surface area contributed by atoms with Crippen LogP contribution in [-0.2, 0) is 10.5 Å². The summed E-state index contributed by atoms with van der Waals surface area (Å²) >= 11 is 13.5. The molecule has 0 spiro atoms. The van der Waals surface area contributed by atoms with E-state index in [1.54, 1.807) is 6.21 Å². The predicted molar refractivity (Wildman–Crippen MR) is 124 cm³/mol. The molecule has 0 atom stereocenters. The molecule has 0 aliphatic rings. The van der Waals surface area contributed by atoms with E-state index in [2.05, 4.69) is 15.1 Å². The maximum atomic E-state index is 12.0. The van der Waals surface area contributed by atoms with Crippen LogP contribution in [0.3, 0.4) is 0 Å². The van der Waals surface area contributed by atoms with E-state index in [0.29, 0.717) is 15.8 Å². The third kappa shape index (κ3) is 5.89. The second-order valence-electron chi connectivity index (χ2n) is 6.55. The quantitative estimate of drug-likeness (QED) is 0.369. The van der Waals surface area contributed by atoms with Gasteiger partial charge in [0.05, 0.1) is 12.0 Å². The van der Waals surface area contributed by atoms with Gasteiger partial charge in [0.1, 0.15) is 0 Å². The van der Waals surface area contributed by atoms with Crippen LogP contribution < -0.4 is 5.43 Å². The van der Waals surface area contributed by atoms with Crippen molar-refractivity contribution in [1.82, 2.24) is 9.99 Å². The van der Waals surface area contributed by atoms with Gasteiger partial charge in [-0.15, -0.1) is 11.8 Å². The van der Waals surface area contributed by atoms with Gasteiger partial charge in [-0.05, 0) is 61.9 Å². The molecule has 1 N–H and O–H groups in total. The molecule has 29 heavy (non-hydrogen) atoms. The van der Waals surface area contributed by atoms with Crippen LogP contribution in [0.5, 0.6) is 0 Å². The lowest BCUT2D eigenvalue weighted by Crippen LogP contribution is -2.19. The summed E-state index contributed by atoms with van der Waals surface area (Å²) in [6.07, 6.45) is 1.67. The van der Waals surface area contributed by atoms with E-state index in [9.17, 15) is 4.79 Å². The van der Waals surface area contributed by atoms with E-state index < -0.39 is 0 Å². The van der Waals surface area contributed by atoms with Crippen molar-refractivity contribution in [2.45, 2.75) is 19.6 Å². The molecule has 0 bridgehead atoms. The molecule has 4 nitrogen and oxygen atoms in total. The number of halogens is 2. The number of aromatic nitrogens is 1. The van der Waals surface area contributed by atoms with Crippen LogP contribution >= 0.6 is 35.0 Å². The number of rotatable bonds is 7. The zero-order valence-electron chi connectivity index (χ0n) is 16.2. The van der Waals surface area contributed by atoms with E-state index in [1.165, 1.54) is 11.8 Å². The van der Waals surface area contributed by atoms with Gasteiger partial charge in [-0.1, -0.05) is 35.3 Å². The van der Waals surface area contributed by atoms with Gasteiger partial charge in [0.2, 0.25) is 5.91 Å². The topological polar surface area (TPSA) is 46.4 Å². The lowest BCUT2D eigenvalue weighted by Gasteiger charge is -2.09. The molecule has 1 amide bonds. The van der Waals surface area contributed by atoms with Crippen LogP contribution in [0.25, 0.3) is 5.69 Å². The number of hydrogen-bond acceptors (Lipinski definition) is 3. The van der Waals surface area contributed by atoms with Crippen LogP contribution in [0.1, 0.15) is 22.5 Å². The van der Waals surface area contributed by atoms with Gasteiger partial charge < -0.3 is 4.57 Å². The minimum absolute atomic E-state index is 0.139. The monoisotopic (exact) mass is 445 g/mol. The first-order chi connectivity index (χ1) is 13.9. The molecule has 0 aliphatic heterocycles. The third-order valence-electron chi connectivity index (χ3n) is 4.34. The Morgan fingerprint density at radius 2 is 1.86 bits per heavy atom. The van der Waals surface area contributed by atoms with Crippen molar-refractivity contribution >= 4 is 47.1 Å². The number of carbonyl (C=O) groups is 1. The summed E-state index contributed by atoms with van der Waals surface area (Å²) in [7, 11) is 0. The van der Waals surface area contributed by atoms with E-state index in [0.717, 1.165) is 34.0 Å². The van der Waals surface area contributed by atoms with Gasteiger partial charge in [0, 0.05) is 38.4 Å². The standard InChI is InChI=1S/C22H21Cl2N3OS/c1-15-10-18(16(2)27(15)21-8-6-19(23)7-9-21)12-25-26-22(28)14-29-13-17-4-3-5-20(24)11-17/h3-12H,13-14H2,1-2H3,(H,26,28). The van der Waals surface area contributed by atoms with E-state index in [4.69, 9.17) is 23.2 Å². The lowest BCUT2D eigenvalue weighted by atomic mass is 10.2. The van der Waals surface area contributed by atoms with Crippen molar-refractivity contribution in [3.63, 3.8) is 0 Å². The van der Waals surface area contributed by atoms with Crippen LogP contribution in [0.4, 0.5) is 0 Å². The number of nitrogens with zero attached hydrogens (tertiary/aromatic N) is 2. The molecule has 0 unspecified atom stereocenters. The molecule has 1 heterocycles. The third-order valence-corrected chi connectivity index (χ3v) is 5.83. The Morgan fingerprint density at radius 3 is 2.59 bits per heavy atom. The van der Waals surface area contributed by atoms with E-state index in [-0.39, 0.29) is 5.91 Å². The van der Waals surface area contributed by atoms with Crippen molar-refractivity contribution in [3.8, 4) is 5.69 Å². The Hall–Kier alpha value is -2.21. The smallest absolute Gasteiger partial charge is 0.250 e. The summed E-state index contributed by atoms with van der Waals surface area (Å²) in [5.41, 5.74) is 7.78. The maximum Gasteiger partial charge on any atom is 0.250 e. The van der Waals surface area contributed by atoms with Crippen molar-refractivity contribution in [2.24, 2.45) is 5.10 Å². The molecule has 2 aromatic carbocycles. The maximum absolute atomic E-state index is 12.0.